The highest BCUT2D eigenvalue weighted by atomic mass is 35.5. The topological polar surface area (TPSA) is 86.4 Å². The summed E-state index contributed by atoms with van der Waals surface area (Å²) in [5, 5.41) is 0.608. The number of hydrogen-bond acceptors (Lipinski definition) is 1. The van der Waals surface area contributed by atoms with Crippen LogP contribution < -0.4 is 11.5 Å². The molecule has 132 valence electrons. The molecule has 1 amide bonds. The first kappa shape index (κ1) is 17.8. The third-order valence-corrected chi connectivity index (χ3v) is 4.32. The van der Waals surface area contributed by atoms with E-state index in [1.54, 1.807) is 0 Å². The zero-order valence-electron chi connectivity index (χ0n) is 14.3. The Kier molecular flexibility index (Phi) is 5.09. The Bertz CT molecular complexity index is 987. The van der Waals surface area contributed by atoms with E-state index in [-0.39, 0.29) is 12.5 Å². The Hall–Kier alpha value is -3.05. The van der Waals surface area contributed by atoms with E-state index >= 15 is 0 Å². The Morgan fingerprint density at radius 1 is 1.04 bits per heavy atom. The Labute approximate surface area is 156 Å². The van der Waals surface area contributed by atoms with Crippen LogP contribution in [-0.4, -0.2) is 16.4 Å². The lowest BCUT2D eigenvalue weighted by molar-refractivity contribution is -0.118. The number of amides is 1. The van der Waals surface area contributed by atoms with Crippen molar-refractivity contribution < 1.29 is 4.79 Å². The second-order valence-electron chi connectivity index (χ2n) is 5.97. The number of hydrogen-bond donors (Lipinski definition) is 2. The SMILES string of the molecule is Cc1cccc(-c2ccc(-c3ccccc3Cl)n2CC(=O)N=C(N)N)c1. The van der Waals surface area contributed by atoms with Crippen LogP contribution in [0.25, 0.3) is 22.5 Å². The second kappa shape index (κ2) is 7.45. The summed E-state index contributed by atoms with van der Waals surface area (Å²) in [6.45, 7) is 2.03. The number of aromatic nitrogens is 1. The molecule has 0 unspecified atom stereocenters. The lowest BCUT2D eigenvalue weighted by Gasteiger charge is -2.13. The molecule has 0 saturated carbocycles. The number of carbonyl (C=O) groups excluding carboxylic acids is 1. The van der Waals surface area contributed by atoms with Gasteiger partial charge in [-0.05, 0) is 36.8 Å². The summed E-state index contributed by atoms with van der Waals surface area (Å²) in [4.78, 5) is 15.9. The molecular weight excluding hydrogens is 348 g/mol. The first-order chi connectivity index (χ1) is 12.5. The minimum absolute atomic E-state index is 0.00866. The molecule has 0 aliphatic rings. The third kappa shape index (κ3) is 3.78. The molecule has 4 N–H and O–H groups in total. The minimum Gasteiger partial charge on any atom is -0.370 e. The summed E-state index contributed by atoms with van der Waals surface area (Å²) in [6.07, 6.45) is 0. The summed E-state index contributed by atoms with van der Waals surface area (Å²) in [7, 11) is 0. The van der Waals surface area contributed by atoms with Gasteiger partial charge in [0.1, 0.15) is 6.54 Å². The number of guanidine groups is 1. The van der Waals surface area contributed by atoms with Crippen LogP contribution in [0.1, 0.15) is 5.56 Å². The fourth-order valence-electron chi connectivity index (χ4n) is 2.91. The van der Waals surface area contributed by atoms with Gasteiger partial charge in [0, 0.05) is 16.3 Å². The monoisotopic (exact) mass is 366 g/mol. The fourth-order valence-corrected chi connectivity index (χ4v) is 3.15. The molecule has 3 rings (SSSR count). The van der Waals surface area contributed by atoms with Gasteiger partial charge in [0.25, 0.3) is 5.91 Å². The average Bonchev–Trinajstić information content (AvgIpc) is 2.98. The van der Waals surface area contributed by atoms with Crippen molar-refractivity contribution in [3.8, 4) is 22.5 Å². The van der Waals surface area contributed by atoms with Crippen molar-refractivity contribution >= 4 is 23.5 Å². The molecule has 0 aliphatic heterocycles. The van der Waals surface area contributed by atoms with Gasteiger partial charge in [-0.3, -0.25) is 4.79 Å². The summed E-state index contributed by atoms with van der Waals surface area (Å²) in [5.74, 6) is -0.679. The molecule has 2 aromatic carbocycles. The van der Waals surface area contributed by atoms with E-state index in [0.717, 1.165) is 28.1 Å². The lowest BCUT2D eigenvalue weighted by atomic mass is 10.1. The average molecular weight is 367 g/mol. The molecule has 5 nitrogen and oxygen atoms in total. The number of aliphatic imine (C=N–C) groups is 1. The number of benzene rings is 2. The van der Waals surface area contributed by atoms with Gasteiger partial charge in [-0.15, -0.1) is 0 Å². The highest BCUT2D eigenvalue weighted by Crippen LogP contribution is 2.33. The van der Waals surface area contributed by atoms with Crippen molar-refractivity contribution in [1.82, 2.24) is 4.57 Å². The molecule has 0 bridgehead atoms. The van der Waals surface area contributed by atoms with Crippen molar-refractivity contribution in [3.63, 3.8) is 0 Å². The fraction of sp³-hybridized carbons (Fsp3) is 0.100. The first-order valence-corrected chi connectivity index (χ1v) is 8.47. The number of aryl methyl sites for hydroxylation is 1. The molecule has 0 atom stereocenters. The van der Waals surface area contributed by atoms with Crippen LogP contribution in [0.3, 0.4) is 0 Å². The van der Waals surface area contributed by atoms with E-state index in [4.69, 9.17) is 23.1 Å². The van der Waals surface area contributed by atoms with Crippen LogP contribution in [0.15, 0.2) is 65.7 Å². The zero-order valence-corrected chi connectivity index (χ0v) is 15.1. The summed E-state index contributed by atoms with van der Waals surface area (Å²) < 4.78 is 1.88. The van der Waals surface area contributed by atoms with Gasteiger partial charge in [0.2, 0.25) is 0 Å². The predicted octanol–water partition coefficient (Wildman–Crippen LogP) is 3.58. The van der Waals surface area contributed by atoms with Crippen LogP contribution in [0, 0.1) is 6.92 Å². The van der Waals surface area contributed by atoms with Crippen LogP contribution in [0.2, 0.25) is 5.02 Å². The number of carbonyl (C=O) groups is 1. The summed E-state index contributed by atoms with van der Waals surface area (Å²) >= 11 is 6.37. The molecular formula is C20H19ClN4O. The van der Waals surface area contributed by atoms with E-state index in [2.05, 4.69) is 11.1 Å². The summed E-state index contributed by atoms with van der Waals surface area (Å²) in [6, 6.07) is 19.5. The standard InChI is InChI=1S/C20H19ClN4O/c1-13-5-4-6-14(11-13)17-9-10-18(15-7-2-3-8-16(15)21)25(17)12-19(26)24-20(22)23/h2-11H,12H2,1H3,(H4,22,23,24,26). The van der Waals surface area contributed by atoms with Gasteiger partial charge in [-0.2, -0.15) is 4.99 Å². The Balaban J connectivity index is 2.15. The number of nitrogens with two attached hydrogens (primary N) is 2. The smallest absolute Gasteiger partial charge is 0.268 e. The molecule has 0 fully saturated rings. The van der Waals surface area contributed by atoms with Crippen LogP contribution in [0.4, 0.5) is 0 Å². The van der Waals surface area contributed by atoms with E-state index in [1.165, 1.54) is 0 Å². The van der Waals surface area contributed by atoms with Crippen molar-refractivity contribution in [1.29, 1.82) is 0 Å². The van der Waals surface area contributed by atoms with Crippen LogP contribution in [-0.2, 0) is 11.3 Å². The molecule has 0 aliphatic carbocycles. The quantitative estimate of drug-likeness (QED) is 0.546. The van der Waals surface area contributed by atoms with Crippen molar-refractivity contribution in [2.75, 3.05) is 0 Å². The molecule has 1 heterocycles. The lowest BCUT2D eigenvalue weighted by Crippen LogP contribution is -2.25. The highest BCUT2D eigenvalue weighted by molar-refractivity contribution is 6.33. The first-order valence-electron chi connectivity index (χ1n) is 8.09. The third-order valence-electron chi connectivity index (χ3n) is 3.99. The highest BCUT2D eigenvalue weighted by Gasteiger charge is 2.16. The maximum absolute atomic E-state index is 12.2. The van der Waals surface area contributed by atoms with E-state index in [1.807, 2.05) is 66.1 Å². The maximum Gasteiger partial charge on any atom is 0.268 e. The Morgan fingerprint density at radius 3 is 2.46 bits per heavy atom. The normalized spacial score (nSPS) is 10.5. The molecule has 6 heteroatoms. The molecule has 26 heavy (non-hydrogen) atoms. The van der Waals surface area contributed by atoms with E-state index < -0.39 is 5.91 Å². The molecule has 3 aromatic rings. The molecule has 1 aromatic heterocycles. The zero-order chi connectivity index (χ0) is 18.7. The number of rotatable bonds is 4. The van der Waals surface area contributed by atoms with E-state index in [0.29, 0.717) is 5.02 Å². The van der Waals surface area contributed by atoms with Gasteiger partial charge in [-0.25, -0.2) is 0 Å². The number of halogens is 1. The van der Waals surface area contributed by atoms with Gasteiger partial charge in [0.15, 0.2) is 5.96 Å². The molecule has 0 spiro atoms. The van der Waals surface area contributed by atoms with Gasteiger partial charge in [0.05, 0.1) is 5.69 Å². The minimum atomic E-state index is -0.427. The van der Waals surface area contributed by atoms with Crippen molar-refractivity contribution in [2.45, 2.75) is 13.5 Å². The second-order valence-corrected chi connectivity index (χ2v) is 6.38. The van der Waals surface area contributed by atoms with Crippen molar-refractivity contribution in [3.05, 3.63) is 71.2 Å². The van der Waals surface area contributed by atoms with Crippen LogP contribution >= 0.6 is 11.6 Å². The van der Waals surface area contributed by atoms with Gasteiger partial charge >= 0.3 is 0 Å². The van der Waals surface area contributed by atoms with Crippen molar-refractivity contribution in [2.24, 2.45) is 16.5 Å². The van der Waals surface area contributed by atoms with E-state index in [9.17, 15) is 4.79 Å². The Morgan fingerprint density at radius 2 is 1.77 bits per heavy atom. The summed E-state index contributed by atoms with van der Waals surface area (Å²) in [5.41, 5.74) is 15.4. The number of nitrogens with zero attached hydrogens (tertiary/aromatic N) is 2. The van der Waals surface area contributed by atoms with Crippen LogP contribution in [0.5, 0.6) is 0 Å². The molecule has 0 radical (unpaired) electrons. The molecule has 0 saturated heterocycles. The largest absolute Gasteiger partial charge is 0.370 e. The van der Waals surface area contributed by atoms with Gasteiger partial charge < -0.3 is 16.0 Å². The van der Waals surface area contributed by atoms with Gasteiger partial charge in [-0.1, -0.05) is 53.6 Å². The maximum atomic E-state index is 12.2. The predicted molar refractivity (Wildman–Crippen MR) is 106 cm³/mol.